The topological polar surface area (TPSA) is 54.7 Å². The fourth-order valence-electron chi connectivity index (χ4n) is 3.24. The lowest BCUT2D eigenvalue weighted by atomic mass is 10.1. The number of nitrogens with one attached hydrogen (secondary N) is 1. The van der Waals surface area contributed by atoms with E-state index in [4.69, 9.17) is 9.15 Å². The highest BCUT2D eigenvalue weighted by Crippen LogP contribution is 2.11. The van der Waals surface area contributed by atoms with Crippen molar-refractivity contribution in [2.45, 2.75) is 40.2 Å². The first-order chi connectivity index (χ1) is 14.7. The minimum atomic E-state index is -0.0659. The standard InChI is InChI=1S/C25H30N2O3/c1-3-27(4-2)17-20-10-12-23(13-11-20)25(28)26-16-21-7-5-8-22(15-21)18-29-19-24-9-6-14-30-24/h5-15H,3-4,16-19H2,1-2H3,(H,26,28). The third kappa shape index (κ3) is 6.58. The molecule has 0 bridgehead atoms. The molecule has 1 N–H and O–H groups in total. The lowest BCUT2D eigenvalue weighted by molar-refractivity contribution is 0.0928. The van der Waals surface area contributed by atoms with E-state index in [-0.39, 0.29) is 5.91 Å². The van der Waals surface area contributed by atoms with Gasteiger partial charge in [-0.3, -0.25) is 9.69 Å². The van der Waals surface area contributed by atoms with E-state index in [1.165, 1.54) is 5.56 Å². The van der Waals surface area contributed by atoms with E-state index in [0.29, 0.717) is 25.3 Å². The van der Waals surface area contributed by atoms with Crippen molar-refractivity contribution in [2.75, 3.05) is 13.1 Å². The summed E-state index contributed by atoms with van der Waals surface area (Å²) < 4.78 is 10.9. The third-order valence-electron chi connectivity index (χ3n) is 5.05. The molecular formula is C25H30N2O3. The second-order valence-corrected chi connectivity index (χ2v) is 7.23. The Labute approximate surface area is 178 Å². The van der Waals surface area contributed by atoms with Gasteiger partial charge in [-0.2, -0.15) is 0 Å². The smallest absolute Gasteiger partial charge is 0.251 e. The quantitative estimate of drug-likeness (QED) is 0.498. The van der Waals surface area contributed by atoms with Crippen LogP contribution in [0.2, 0.25) is 0 Å². The van der Waals surface area contributed by atoms with Gasteiger partial charge in [0.05, 0.1) is 12.9 Å². The van der Waals surface area contributed by atoms with Crippen molar-refractivity contribution in [3.8, 4) is 0 Å². The average molecular weight is 407 g/mol. The minimum Gasteiger partial charge on any atom is -0.467 e. The van der Waals surface area contributed by atoms with Gasteiger partial charge >= 0.3 is 0 Å². The zero-order valence-corrected chi connectivity index (χ0v) is 17.8. The molecule has 0 unspecified atom stereocenters. The Hall–Kier alpha value is -2.89. The molecule has 1 aromatic heterocycles. The molecule has 0 fully saturated rings. The van der Waals surface area contributed by atoms with Crippen molar-refractivity contribution in [1.29, 1.82) is 0 Å². The van der Waals surface area contributed by atoms with Crippen LogP contribution < -0.4 is 5.32 Å². The number of rotatable bonds is 11. The van der Waals surface area contributed by atoms with E-state index < -0.39 is 0 Å². The number of carbonyl (C=O) groups is 1. The summed E-state index contributed by atoms with van der Waals surface area (Å²) >= 11 is 0. The first-order valence-electron chi connectivity index (χ1n) is 10.5. The van der Waals surface area contributed by atoms with E-state index in [0.717, 1.165) is 36.5 Å². The van der Waals surface area contributed by atoms with Crippen molar-refractivity contribution in [3.05, 3.63) is 94.9 Å². The zero-order chi connectivity index (χ0) is 21.2. The summed E-state index contributed by atoms with van der Waals surface area (Å²) in [5.41, 5.74) is 4.00. The number of amides is 1. The van der Waals surface area contributed by atoms with Gasteiger partial charge in [0.25, 0.3) is 5.91 Å². The molecule has 0 saturated carbocycles. The summed E-state index contributed by atoms with van der Waals surface area (Å²) in [5.74, 6) is 0.741. The van der Waals surface area contributed by atoms with E-state index >= 15 is 0 Å². The number of hydrogen-bond donors (Lipinski definition) is 1. The minimum absolute atomic E-state index is 0.0659. The second-order valence-electron chi connectivity index (χ2n) is 7.23. The van der Waals surface area contributed by atoms with E-state index in [1.807, 2.05) is 54.6 Å². The maximum absolute atomic E-state index is 12.5. The van der Waals surface area contributed by atoms with Crippen LogP contribution in [0.15, 0.2) is 71.3 Å². The molecule has 3 rings (SSSR count). The lowest BCUT2D eigenvalue weighted by Crippen LogP contribution is -2.23. The molecule has 1 amide bonds. The molecule has 0 radical (unpaired) electrons. The lowest BCUT2D eigenvalue weighted by Gasteiger charge is -2.18. The summed E-state index contributed by atoms with van der Waals surface area (Å²) in [4.78, 5) is 14.8. The van der Waals surface area contributed by atoms with Crippen molar-refractivity contribution in [2.24, 2.45) is 0 Å². The highest BCUT2D eigenvalue weighted by Gasteiger charge is 2.07. The van der Waals surface area contributed by atoms with E-state index in [9.17, 15) is 4.79 Å². The van der Waals surface area contributed by atoms with Gasteiger partial charge in [-0.25, -0.2) is 0 Å². The highest BCUT2D eigenvalue weighted by atomic mass is 16.5. The van der Waals surface area contributed by atoms with Gasteiger partial charge in [0, 0.05) is 18.7 Å². The predicted molar refractivity (Wildman–Crippen MR) is 118 cm³/mol. The summed E-state index contributed by atoms with van der Waals surface area (Å²) in [5, 5.41) is 3.00. The fraction of sp³-hybridized carbons (Fsp3) is 0.320. The Morgan fingerprint density at radius 1 is 0.933 bits per heavy atom. The third-order valence-corrected chi connectivity index (χ3v) is 5.05. The number of furan rings is 1. The first-order valence-corrected chi connectivity index (χ1v) is 10.5. The van der Waals surface area contributed by atoms with Crippen LogP contribution in [0.1, 0.15) is 46.7 Å². The zero-order valence-electron chi connectivity index (χ0n) is 17.8. The van der Waals surface area contributed by atoms with Crippen LogP contribution in [0, 0.1) is 0 Å². The molecule has 3 aromatic rings. The largest absolute Gasteiger partial charge is 0.467 e. The molecule has 5 heteroatoms. The van der Waals surface area contributed by atoms with Crippen LogP contribution >= 0.6 is 0 Å². The Morgan fingerprint density at radius 3 is 2.40 bits per heavy atom. The second kappa shape index (κ2) is 11.3. The molecule has 30 heavy (non-hydrogen) atoms. The van der Waals surface area contributed by atoms with Gasteiger partial charge in [0.15, 0.2) is 0 Å². The molecular weight excluding hydrogens is 376 g/mol. The van der Waals surface area contributed by atoms with Crippen LogP contribution in [0.4, 0.5) is 0 Å². The summed E-state index contributed by atoms with van der Waals surface area (Å²) in [6, 6.07) is 19.6. The molecule has 2 aromatic carbocycles. The van der Waals surface area contributed by atoms with E-state index in [1.54, 1.807) is 6.26 Å². The summed E-state index contributed by atoms with van der Waals surface area (Å²) in [6.45, 7) is 8.68. The highest BCUT2D eigenvalue weighted by molar-refractivity contribution is 5.94. The Kier molecular flexibility index (Phi) is 8.24. The number of benzene rings is 2. The molecule has 0 atom stereocenters. The van der Waals surface area contributed by atoms with Gasteiger partial charge in [0.1, 0.15) is 12.4 Å². The van der Waals surface area contributed by atoms with Crippen LogP contribution in [-0.2, 0) is 31.0 Å². The molecule has 0 aliphatic rings. The molecule has 0 aliphatic heterocycles. The van der Waals surface area contributed by atoms with Gasteiger partial charge in [-0.05, 0) is 54.0 Å². The van der Waals surface area contributed by atoms with Gasteiger partial charge < -0.3 is 14.5 Å². The normalized spacial score (nSPS) is 11.0. The Morgan fingerprint density at radius 2 is 1.70 bits per heavy atom. The van der Waals surface area contributed by atoms with Crippen molar-refractivity contribution in [1.82, 2.24) is 10.2 Å². The van der Waals surface area contributed by atoms with Gasteiger partial charge in [-0.1, -0.05) is 50.2 Å². The van der Waals surface area contributed by atoms with Gasteiger partial charge in [0.2, 0.25) is 0 Å². The molecule has 5 nitrogen and oxygen atoms in total. The summed E-state index contributed by atoms with van der Waals surface area (Å²) in [6.07, 6.45) is 1.64. The Balaban J connectivity index is 1.48. The predicted octanol–water partition coefficient (Wildman–Crippen LogP) is 4.77. The first kappa shape index (κ1) is 21.8. The fourth-order valence-corrected chi connectivity index (χ4v) is 3.24. The molecule has 0 saturated heterocycles. The van der Waals surface area contributed by atoms with Crippen LogP contribution in [-0.4, -0.2) is 23.9 Å². The monoisotopic (exact) mass is 406 g/mol. The summed E-state index contributed by atoms with van der Waals surface area (Å²) in [7, 11) is 0. The molecule has 0 aliphatic carbocycles. The average Bonchev–Trinajstić information content (AvgIpc) is 3.30. The maximum atomic E-state index is 12.5. The van der Waals surface area contributed by atoms with Crippen LogP contribution in [0.25, 0.3) is 0 Å². The van der Waals surface area contributed by atoms with Crippen molar-refractivity contribution >= 4 is 5.91 Å². The number of ether oxygens (including phenoxy) is 1. The molecule has 158 valence electrons. The van der Waals surface area contributed by atoms with Crippen LogP contribution in [0.3, 0.4) is 0 Å². The van der Waals surface area contributed by atoms with Crippen molar-refractivity contribution in [3.63, 3.8) is 0 Å². The molecule has 1 heterocycles. The number of nitrogens with zero attached hydrogens (tertiary/aromatic N) is 1. The van der Waals surface area contributed by atoms with Gasteiger partial charge in [-0.15, -0.1) is 0 Å². The maximum Gasteiger partial charge on any atom is 0.251 e. The SMILES string of the molecule is CCN(CC)Cc1ccc(C(=O)NCc2cccc(COCc3ccco3)c2)cc1. The number of carbonyl (C=O) groups excluding carboxylic acids is 1. The number of hydrogen-bond acceptors (Lipinski definition) is 4. The van der Waals surface area contributed by atoms with E-state index in [2.05, 4.69) is 30.1 Å². The Bertz CT molecular complexity index is 900. The van der Waals surface area contributed by atoms with Crippen molar-refractivity contribution < 1.29 is 13.9 Å². The molecule has 0 spiro atoms. The van der Waals surface area contributed by atoms with Crippen LogP contribution in [0.5, 0.6) is 0 Å².